The Balaban J connectivity index is 1.37. The molecule has 11 heteroatoms. The smallest absolute Gasteiger partial charge is 0.408 e. The van der Waals surface area contributed by atoms with Gasteiger partial charge < -0.3 is 24.8 Å². The van der Waals surface area contributed by atoms with E-state index < -0.39 is 17.1 Å². The van der Waals surface area contributed by atoms with Crippen LogP contribution in [-0.2, 0) is 26.6 Å². The largest absolute Gasteiger partial charge is 0.497 e. The third-order valence-corrected chi connectivity index (χ3v) is 7.00. The number of non-ortho nitro benzene ring substituents is 1. The summed E-state index contributed by atoms with van der Waals surface area (Å²) < 4.78 is 15.9. The van der Waals surface area contributed by atoms with Crippen LogP contribution >= 0.6 is 11.8 Å². The Morgan fingerprint density at radius 1 is 1.14 bits per heavy atom. The molecule has 3 atom stereocenters. The lowest BCUT2D eigenvalue weighted by atomic mass is 10.1. The molecule has 0 aromatic heterocycles. The quantitative estimate of drug-likeness (QED) is 0.353. The molecule has 1 fully saturated rings. The molecule has 1 saturated heterocycles. The second kappa shape index (κ2) is 13.0. The summed E-state index contributed by atoms with van der Waals surface area (Å²) in [5, 5.41) is 16.3. The number of nitro groups is 1. The van der Waals surface area contributed by atoms with Crippen LogP contribution in [0.15, 0.2) is 48.5 Å². The zero-order valence-corrected chi connectivity index (χ0v) is 20.4. The number of methoxy groups -OCH3 is 1. The number of carbonyl (C=O) groups excluding carboxylic acids is 2. The van der Waals surface area contributed by atoms with Crippen LogP contribution in [0.4, 0.5) is 10.5 Å². The fourth-order valence-electron chi connectivity index (χ4n) is 3.41. The predicted octanol–water partition coefficient (Wildman–Crippen LogP) is 3.28. The van der Waals surface area contributed by atoms with E-state index in [4.69, 9.17) is 14.2 Å². The maximum absolute atomic E-state index is 12.5. The van der Waals surface area contributed by atoms with Gasteiger partial charge >= 0.3 is 6.09 Å². The summed E-state index contributed by atoms with van der Waals surface area (Å²) >= 11 is 1.79. The van der Waals surface area contributed by atoms with Crippen molar-refractivity contribution in [2.24, 2.45) is 5.92 Å². The Morgan fingerprint density at radius 2 is 1.83 bits per heavy atom. The minimum atomic E-state index is -0.785. The van der Waals surface area contributed by atoms with Crippen molar-refractivity contribution in [3.8, 4) is 5.75 Å². The van der Waals surface area contributed by atoms with Gasteiger partial charge in [-0.15, -0.1) is 0 Å². The van der Waals surface area contributed by atoms with Crippen molar-refractivity contribution in [3.05, 3.63) is 69.8 Å². The van der Waals surface area contributed by atoms with E-state index in [2.05, 4.69) is 10.6 Å². The number of alkyl carbamates (subject to hydrolysis) is 1. The van der Waals surface area contributed by atoms with Crippen molar-refractivity contribution < 1.29 is 28.7 Å². The molecule has 3 rings (SSSR count). The van der Waals surface area contributed by atoms with Gasteiger partial charge in [0.1, 0.15) is 18.4 Å². The number of ether oxygens (including phenoxy) is 3. The third kappa shape index (κ3) is 8.15. The molecule has 10 nitrogen and oxygen atoms in total. The Morgan fingerprint density at radius 3 is 2.49 bits per heavy atom. The molecule has 1 heterocycles. The molecule has 2 aromatic rings. The molecule has 1 aliphatic rings. The van der Waals surface area contributed by atoms with E-state index in [0.29, 0.717) is 25.3 Å². The number of benzene rings is 2. The highest BCUT2D eigenvalue weighted by molar-refractivity contribution is 7.99. The molecule has 1 unspecified atom stereocenters. The SMILES string of the molecule is COc1ccc(CS[C@@H]2COC[C@@H]2CNC(=O)C(C)NC(=O)OCc2ccc([N+](=O)[O-])cc2)cc1. The Kier molecular flexibility index (Phi) is 9.74. The van der Waals surface area contributed by atoms with Crippen molar-refractivity contribution >= 4 is 29.4 Å². The van der Waals surface area contributed by atoms with Gasteiger partial charge in [-0.1, -0.05) is 12.1 Å². The highest BCUT2D eigenvalue weighted by atomic mass is 32.2. The first-order valence-electron chi connectivity index (χ1n) is 11.1. The van der Waals surface area contributed by atoms with Crippen molar-refractivity contribution in [3.63, 3.8) is 0 Å². The van der Waals surface area contributed by atoms with Crippen LogP contribution < -0.4 is 15.4 Å². The standard InChI is InChI=1S/C24H29N3O7S/c1-16(26-24(29)34-12-17-3-7-20(8-4-17)27(30)31)23(28)25-11-19-13-33-14-22(19)35-15-18-5-9-21(32-2)10-6-18/h3-10,16,19,22H,11-15H2,1-2H3,(H,25,28)(H,26,29)/t16?,19-,22+/m0/s1. The van der Waals surface area contributed by atoms with Gasteiger partial charge in [0.15, 0.2) is 0 Å². The van der Waals surface area contributed by atoms with Crippen LogP contribution in [0.5, 0.6) is 5.75 Å². The topological polar surface area (TPSA) is 129 Å². The monoisotopic (exact) mass is 503 g/mol. The van der Waals surface area contributed by atoms with Gasteiger partial charge in [0, 0.05) is 35.6 Å². The second-order valence-electron chi connectivity index (χ2n) is 8.11. The number of nitrogens with zero attached hydrogens (tertiary/aromatic N) is 1. The molecule has 2 N–H and O–H groups in total. The molecule has 188 valence electrons. The molecule has 2 aromatic carbocycles. The van der Waals surface area contributed by atoms with Crippen LogP contribution in [0.2, 0.25) is 0 Å². The molecule has 0 radical (unpaired) electrons. The average Bonchev–Trinajstić information content (AvgIpc) is 3.32. The molecule has 0 spiro atoms. The minimum Gasteiger partial charge on any atom is -0.497 e. The first-order valence-corrected chi connectivity index (χ1v) is 12.2. The lowest BCUT2D eigenvalue weighted by Gasteiger charge is -2.20. The third-order valence-electron chi connectivity index (χ3n) is 5.55. The molecule has 0 bridgehead atoms. The van der Waals surface area contributed by atoms with E-state index in [1.165, 1.54) is 29.8 Å². The molecule has 1 aliphatic heterocycles. The maximum Gasteiger partial charge on any atom is 0.408 e. The molecular formula is C24H29N3O7S. The number of rotatable bonds is 11. The number of hydrogen-bond acceptors (Lipinski definition) is 8. The van der Waals surface area contributed by atoms with Gasteiger partial charge in [0.2, 0.25) is 5.91 Å². The molecule has 0 saturated carbocycles. The second-order valence-corrected chi connectivity index (χ2v) is 9.33. The molecule has 0 aliphatic carbocycles. The van der Waals surface area contributed by atoms with Crippen LogP contribution in [-0.4, -0.2) is 55.1 Å². The molecule has 35 heavy (non-hydrogen) atoms. The van der Waals surface area contributed by atoms with Gasteiger partial charge in [-0.25, -0.2) is 4.79 Å². The summed E-state index contributed by atoms with van der Waals surface area (Å²) in [5.41, 5.74) is 1.75. The van der Waals surface area contributed by atoms with Gasteiger partial charge in [-0.2, -0.15) is 11.8 Å². The highest BCUT2D eigenvalue weighted by Crippen LogP contribution is 2.29. The number of hydrogen-bond donors (Lipinski definition) is 2. The van der Waals surface area contributed by atoms with Crippen LogP contribution in [0.25, 0.3) is 0 Å². The maximum atomic E-state index is 12.5. The summed E-state index contributed by atoms with van der Waals surface area (Å²) in [6, 6.07) is 12.8. The molecular weight excluding hydrogens is 474 g/mol. The zero-order valence-electron chi connectivity index (χ0n) is 19.6. The van der Waals surface area contributed by atoms with Crippen molar-refractivity contribution in [1.82, 2.24) is 10.6 Å². The van der Waals surface area contributed by atoms with E-state index in [-0.39, 0.29) is 29.4 Å². The van der Waals surface area contributed by atoms with Crippen LogP contribution in [0, 0.1) is 16.0 Å². The van der Waals surface area contributed by atoms with E-state index >= 15 is 0 Å². The summed E-state index contributed by atoms with van der Waals surface area (Å²) in [6.45, 7) is 3.15. The fraction of sp³-hybridized carbons (Fsp3) is 0.417. The lowest BCUT2D eigenvalue weighted by Crippen LogP contribution is -2.46. The van der Waals surface area contributed by atoms with Crippen molar-refractivity contribution in [2.45, 2.75) is 30.6 Å². The van der Waals surface area contributed by atoms with Gasteiger partial charge in [-0.3, -0.25) is 14.9 Å². The first kappa shape index (κ1) is 26.3. The van der Waals surface area contributed by atoms with E-state index in [1.807, 2.05) is 24.3 Å². The minimum absolute atomic E-state index is 0.0440. The fourth-order valence-corrected chi connectivity index (χ4v) is 4.65. The van der Waals surface area contributed by atoms with Gasteiger partial charge in [-0.05, 0) is 42.3 Å². The summed E-state index contributed by atoms with van der Waals surface area (Å²) in [4.78, 5) is 34.7. The normalized spacial score (nSPS) is 17.9. The number of nitrogens with one attached hydrogen (secondary N) is 2. The zero-order chi connectivity index (χ0) is 25.2. The number of carbonyl (C=O) groups is 2. The predicted molar refractivity (Wildman–Crippen MR) is 131 cm³/mol. The summed E-state index contributed by atoms with van der Waals surface area (Å²) in [7, 11) is 1.64. The van der Waals surface area contributed by atoms with E-state index in [9.17, 15) is 19.7 Å². The number of amides is 2. The van der Waals surface area contributed by atoms with Crippen molar-refractivity contribution in [2.75, 3.05) is 26.9 Å². The Hall–Kier alpha value is -3.31. The van der Waals surface area contributed by atoms with E-state index in [0.717, 1.165) is 11.5 Å². The van der Waals surface area contributed by atoms with Gasteiger partial charge in [0.25, 0.3) is 5.69 Å². The molecule has 2 amide bonds. The van der Waals surface area contributed by atoms with Crippen molar-refractivity contribution in [1.29, 1.82) is 0 Å². The van der Waals surface area contributed by atoms with Gasteiger partial charge in [0.05, 0.1) is 25.2 Å². The summed E-state index contributed by atoms with van der Waals surface area (Å²) in [5.74, 6) is 1.51. The van der Waals surface area contributed by atoms with Crippen LogP contribution in [0.1, 0.15) is 18.1 Å². The van der Waals surface area contributed by atoms with Crippen LogP contribution in [0.3, 0.4) is 0 Å². The number of nitro benzene ring substituents is 1. The summed E-state index contributed by atoms with van der Waals surface area (Å²) in [6.07, 6.45) is -0.747. The highest BCUT2D eigenvalue weighted by Gasteiger charge is 2.29. The first-order chi connectivity index (χ1) is 16.9. The Labute approximate surface area is 207 Å². The lowest BCUT2D eigenvalue weighted by molar-refractivity contribution is -0.384. The Bertz CT molecular complexity index is 1000. The average molecular weight is 504 g/mol. The number of thioether (sulfide) groups is 1. The van der Waals surface area contributed by atoms with E-state index in [1.54, 1.807) is 25.8 Å².